The lowest BCUT2D eigenvalue weighted by atomic mass is 9.68. The molecule has 31 heavy (non-hydrogen) atoms. The van der Waals surface area contributed by atoms with E-state index in [4.69, 9.17) is 0 Å². The first kappa shape index (κ1) is 20.9. The van der Waals surface area contributed by atoms with Gasteiger partial charge in [-0.1, -0.05) is 119 Å². The third kappa shape index (κ3) is 4.14. The van der Waals surface area contributed by atoms with Gasteiger partial charge in [-0.2, -0.15) is 0 Å². The van der Waals surface area contributed by atoms with Crippen LogP contribution in [0.3, 0.4) is 0 Å². The van der Waals surface area contributed by atoms with Gasteiger partial charge in [-0.05, 0) is 40.5 Å². The van der Waals surface area contributed by atoms with Crippen molar-refractivity contribution in [2.45, 2.75) is 38.5 Å². The molecule has 0 amide bonds. The van der Waals surface area contributed by atoms with Crippen LogP contribution in [0, 0.1) is 0 Å². The minimum absolute atomic E-state index is 0.142. The average molecular weight is 406 g/mol. The molecule has 4 aromatic carbocycles. The van der Waals surface area contributed by atoms with E-state index in [1.807, 2.05) is 0 Å². The molecule has 0 aliphatic carbocycles. The van der Waals surface area contributed by atoms with Gasteiger partial charge in [0.25, 0.3) is 0 Å². The summed E-state index contributed by atoms with van der Waals surface area (Å²) >= 11 is 0. The normalized spacial score (nSPS) is 11.9. The minimum atomic E-state index is -0.180. The molecule has 0 spiro atoms. The van der Waals surface area contributed by atoms with Crippen LogP contribution < -0.4 is 5.32 Å². The summed E-state index contributed by atoms with van der Waals surface area (Å²) in [4.78, 5) is 0. The molecule has 0 aromatic heterocycles. The van der Waals surface area contributed by atoms with E-state index in [-0.39, 0.29) is 10.8 Å². The van der Waals surface area contributed by atoms with Crippen LogP contribution in [0.4, 0.5) is 11.4 Å². The molecule has 0 aliphatic rings. The van der Waals surface area contributed by atoms with Crippen LogP contribution in [0.1, 0.15) is 49.9 Å². The summed E-state index contributed by atoms with van der Waals surface area (Å²) in [6.45, 7) is 9.32. The number of anilines is 2. The van der Waals surface area contributed by atoms with E-state index < -0.39 is 0 Å². The van der Waals surface area contributed by atoms with Gasteiger partial charge in [0.05, 0.1) is 0 Å². The maximum atomic E-state index is 3.71. The Morgan fingerprint density at radius 1 is 0.484 bits per heavy atom. The summed E-state index contributed by atoms with van der Waals surface area (Å²) < 4.78 is 0. The van der Waals surface area contributed by atoms with Crippen molar-refractivity contribution >= 4 is 11.4 Å². The van der Waals surface area contributed by atoms with E-state index in [1.54, 1.807) is 0 Å². The number of nitrogens with one attached hydrogen (secondary N) is 1. The lowest BCUT2D eigenvalue weighted by Gasteiger charge is -2.37. The van der Waals surface area contributed by atoms with Crippen molar-refractivity contribution in [1.29, 1.82) is 0 Å². The Morgan fingerprint density at radius 2 is 0.968 bits per heavy atom. The molecule has 1 nitrogen and oxygen atoms in total. The number of hydrogen-bond acceptors (Lipinski definition) is 1. The topological polar surface area (TPSA) is 12.0 Å². The molecule has 0 heterocycles. The van der Waals surface area contributed by atoms with Crippen molar-refractivity contribution in [3.05, 3.63) is 131 Å². The highest BCUT2D eigenvalue weighted by atomic mass is 14.9. The second kappa shape index (κ2) is 8.43. The second-order valence-corrected chi connectivity index (χ2v) is 9.20. The van der Waals surface area contributed by atoms with Crippen molar-refractivity contribution in [2.24, 2.45) is 0 Å². The Kier molecular flexibility index (Phi) is 5.69. The molecule has 4 aromatic rings. The molecule has 156 valence electrons. The first-order valence-corrected chi connectivity index (χ1v) is 11.0. The smallest absolute Gasteiger partial charge is 0.0428 e. The van der Waals surface area contributed by atoms with E-state index in [1.165, 1.54) is 22.3 Å². The number of rotatable bonds is 6. The van der Waals surface area contributed by atoms with Crippen molar-refractivity contribution in [3.63, 3.8) is 0 Å². The molecule has 1 heteroatoms. The zero-order chi connectivity index (χ0) is 21.9. The van der Waals surface area contributed by atoms with Gasteiger partial charge in [0, 0.05) is 22.2 Å². The van der Waals surface area contributed by atoms with E-state index in [0.29, 0.717) is 0 Å². The molecule has 0 fully saturated rings. The molecular weight excluding hydrogens is 374 g/mol. The van der Waals surface area contributed by atoms with Crippen molar-refractivity contribution in [3.8, 4) is 0 Å². The lowest BCUT2D eigenvalue weighted by molar-refractivity contribution is 0.580. The van der Waals surface area contributed by atoms with Gasteiger partial charge in [-0.3, -0.25) is 0 Å². The van der Waals surface area contributed by atoms with Crippen LogP contribution in [0.5, 0.6) is 0 Å². The van der Waals surface area contributed by atoms with Gasteiger partial charge in [0.1, 0.15) is 0 Å². The first-order chi connectivity index (χ1) is 14.9. The average Bonchev–Trinajstić information content (AvgIpc) is 2.80. The SMILES string of the molecule is CC(C)(c1ccccc1)c1cccc(Nc2ccccc2)c1C(C)(C)c1ccccc1. The Hall–Kier alpha value is -3.32. The molecule has 0 saturated heterocycles. The molecule has 1 N–H and O–H groups in total. The van der Waals surface area contributed by atoms with Crippen molar-refractivity contribution in [2.75, 3.05) is 5.32 Å². The van der Waals surface area contributed by atoms with Crippen LogP contribution >= 0.6 is 0 Å². The van der Waals surface area contributed by atoms with Gasteiger partial charge in [-0.15, -0.1) is 0 Å². The van der Waals surface area contributed by atoms with Crippen LogP contribution in [0.2, 0.25) is 0 Å². The summed E-state index contributed by atoms with van der Waals surface area (Å²) in [5.74, 6) is 0. The van der Waals surface area contributed by atoms with Crippen LogP contribution in [-0.4, -0.2) is 0 Å². The zero-order valence-corrected chi connectivity index (χ0v) is 18.9. The van der Waals surface area contributed by atoms with Gasteiger partial charge >= 0.3 is 0 Å². The van der Waals surface area contributed by atoms with Crippen molar-refractivity contribution < 1.29 is 0 Å². The number of benzene rings is 4. The second-order valence-electron chi connectivity index (χ2n) is 9.20. The Morgan fingerprint density at radius 3 is 1.52 bits per heavy atom. The highest BCUT2D eigenvalue weighted by Gasteiger charge is 2.35. The lowest BCUT2D eigenvalue weighted by Crippen LogP contribution is -2.29. The predicted molar refractivity (Wildman–Crippen MR) is 133 cm³/mol. The van der Waals surface area contributed by atoms with Crippen LogP contribution in [-0.2, 0) is 10.8 Å². The summed E-state index contributed by atoms with van der Waals surface area (Å²) in [5, 5.41) is 3.71. The quantitative estimate of drug-likeness (QED) is 0.342. The number of para-hydroxylation sites is 1. The van der Waals surface area contributed by atoms with E-state index in [9.17, 15) is 0 Å². The standard InChI is InChI=1S/C30H31N/c1-29(2,23-15-8-5-9-16-23)26-21-14-22-27(31-25-19-12-7-13-20-25)28(26)30(3,4)24-17-10-6-11-18-24/h5-22,31H,1-4H3. The fraction of sp³-hybridized carbons (Fsp3) is 0.200. The monoisotopic (exact) mass is 405 g/mol. The Bertz CT molecular complexity index is 1130. The van der Waals surface area contributed by atoms with Crippen LogP contribution in [0.25, 0.3) is 0 Å². The predicted octanol–water partition coefficient (Wildman–Crippen LogP) is 8.08. The molecule has 0 aliphatic heterocycles. The summed E-state index contributed by atoms with van der Waals surface area (Å²) in [6, 6.07) is 38.7. The Labute approximate surface area is 186 Å². The molecule has 0 atom stereocenters. The third-order valence-electron chi connectivity index (χ3n) is 6.41. The first-order valence-electron chi connectivity index (χ1n) is 11.0. The zero-order valence-electron chi connectivity index (χ0n) is 18.9. The third-order valence-corrected chi connectivity index (χ3v) is 6.41. The molecule has 4 rings (SSSR count). The summed E-state index contributed by atoms with van der Waals surface area (Å²) in [6.07, 6.45) is 0. The summed E-state index contributed by atoms with van der Waals surface area (Å²) in [7, 11) is 0. The maximum Gasteiger partial charge on any atom is 0.0428 e. The van der Waals surface area contributed by atoms with E-state index in [2.05, 4.69) is 142 Å². The largest absolute Gasteiger partial charge is 0.355 e. The fourth-order valence-corrected chi connectivity index (χ4v) is 4.54. The number of hydrogen-bond donors (Lipinski definition) is 1. The fourth-order valence-electron chi connectivity index (χ4n) is 4.54. The van der Waals surface area contributed by atoms with Crippen LogP contribution in [0.15, 0.2) is 109 Å². The molecular formula is C30H31N. The molecule has 0 unspecified atom stereocenters. The van der Waals surface area contributed by atoms with Gasteiger partial charge in [0.2, 0.25) is 0 Å². The summed E-state index contributed by atoms with van der Waals surface area (Å²) in [5.41, 5.74) is 7.23. The maximum absolute atomic E-state index is 3.71. The van der Waals surface area contributed by atoms with Crippen molar-refractivity contribution in [1.82, 2.24) is 0 Å². The highest BCUT2D eigenvalue weighted by Crippen LogP contribution is 2.45. The van der Waals surface area contributed by atoms with Gasteiger partial charge < -0.3 is 5.32 Å². The van der Waals surface area contributed by atoms with E-state index >= 15 is 0 Å². The molecule has 0 saturated carbocycles. The van der Waals surface area contributed by atoms with Gasteiger partial charge in [0.15, 0.2) is 0 Å². The Balaban J connectivity index is 1.94. The van der Waals surface area contributed by atoms with E-state index in [0.717, 1.165) is 11.4 Å². The molecule has 0 bridgehead atoms. The minimum Gasteiger partial charge on any atom is -0.355 e. The highest BCUT2D eigenvalue weighted by molar-refractivity contribution is 5.69. The van der Waals surface area contributed by atoms with Gasteiger partial charge in [-0.25, -0.2) is 0 Å². The molecule has 0 radical (unpaired) electrons.